The zero-order valence-electron chi connectivity index (χ0n) is 22.3. The number of anilines is 1. The summed E-state index contributed by atoms with van der Waals surface area (Å²) in [6, 6.07) is 10.9. The van der Waals surface area contributed by atoms with Gasteiger partial charge in [0.1, 0.15) is 18.3 Å². The van der Waals surface area contributed by atoms with E-state index in [9.17, 15) is 18.0 Å². The van der Waals surface area contributed by atoms with Crippen molar-refractivity contribution in [1.82, 2.24) is 10.2 Å². The summed E-state index contributed by atoms with van der Waals surface area (Å²) in [7, 11) is 0.579. The molecule has 37 heavy (non-hydrogen) atoms. The van der Waals surface area contributed by atoms with Crippen molar-refractivity contribution in [2.45, 2.75) is 39.3 Å². The largest absolute Gasteiger partial charge is 0.497 e. The van der Waals surface area contributed by atoms with E-state index in [1.54, 1.807) is 38.3 Å². The molecule has 0 spiro atoms. The van der Waals surface area contributed by atoms with Crippen LogP contribution in [0.5, 0.6) is 17.2 Å². The third kappa shape index (κ3) is 8.28. The molecule has 10 nitrogen and oxygen atoms in total. The summed E-state index contributed by atoms with van der Waals surface area (Å²) >= 11 is 0. The van der Waals surface area contributed by atoms with E-state index in [1.807, 2.05) is 13.0 Å². The first-order valence-electron chi connectivity index (χ1n) is 12.0. The number of nitrogens with one attached hydrogen (secondary N) is 1. The number of rotatable bonds is 14. The van der Waals surface area contributed by atoms with E-state index in [4.69, 9.17) is 14.2 Å². The number of ether oxygens (including phenoxy) is 3. The van der Waals surface area contributed by atoms with Gasteiger partial charge in [0.2, 0.25) is 21.8 Å². The average Bonchev–Trinajstić information content (AvgIpc) is 2.88. The SMILES string of the molecule is CCCCNC(=O)[C@@H](C)N(Cc1cccc(OC)c1)C(=O)CN(c1ccc(OC)c(OC)c1)S(C)(=O)=O. The Morgan fingerprint density at radius 2 is 1.70 bits per heavy atom. The molecule has 2 amide bonds. The van der Waals surface area contributed by atoms with Crippen LogP contribution in [0.3, 0.4) is 0 Å². The molecule has 2 aromatic rings. The number of carbonyl (C=O) groups excluding carboxylic acids is 2. The molecule has 0 aliphatic heterocycles. The number of unbranched alkanes of at least 4 members (excludes halogenated alkanes) is 1. The van der Waals surface area contributed by atoms with Crippen molar-refractivity contribution in [2.24, 2.45) is 0 Å². The van der Waals surface area contributed by atoms with Crippen molar-refractivity contribution in [3.05, 3.63) is 48.0 Å². The highest BCUT2D eigenvalue weighted by Gasteiger charge is 2.30. The van der Waals surface area contributed by atoms with E-state index in [2.05, 4.69) is 5.32 Å². The fourth-order valence-electron chi connectivity index (χ4n) is 3.68. The van der Waals surface area contributed by atoms with Crippen LogP contribution < -0.4 is 23.8 Å². The Hall–Kier alpha value is -3.47. The molecule has 0 fully saturated rings. The molecular weight excluding hydrogens is 498 g/mol. The van der Waals surface area contributed by atoms with Gasteiger partial charge in [-0.3, -0.25) is 13.9 Å². The number of methoxy groups -OCH3 is 3. The molecule has 0 aromatic heterocycles. The van der Waals surface area contributed by atoms with Crippen LogP contribution in [0.15, 0.2) is 42.5 Å². The highest BCUT2D eigenvalue weighted by atomic mass is 32.2. The Morgan fingerprint density at radius 1 is 1.00 bits per heavy atom. The minimum atomic E-state index is -3.87. The van der Waals surface area contributed by atoms with Gasteiger partial charge in [0.05, 0.1) is 33.3 Å². The maximum absolute atomic E-state index is 13.6. The van der Waals surface area contributed by atoms with Crippen LogP contribution in [0.2, 0.25) is 0 Å². The molecule has 0 aliphatic carbocycles. The number of amides is 2. The number of nitrogens with zero attached hydrogens (tertiary/aromatic N) is 2. The molecule has 0 unspecified atom stereocenters. The van der Waals surface area contributed by atoms with Crippen LogP contribution >= 0.6 is 0 Å². The lowest BCUT2D eigenvalue weighted by molar-refractivity contribution is -0.139. The predicted molar refractivity (Wildman–Crippen MR) is 143 cm³/mol. The molecule has 0 aliphatic rings. The molecule has 0 heterocycles. The molecule has 1 N–H and O–H groups in total. The molecule has 0 saturated carbocycles. The summed E-state index contributed by atoms with van der Waals surface area (Å²) in [5, 5.41) is 2.85. The van der Waals surface area contributed by atoms with E-state index >= 15 is 0 Å². The van der Waals surface area contributed by atoms with Gasteiger partial charge in [0.25, 0.3) is 0 Å². The molecule has 0 saturated heterocycles. The lowest BCUT2D eigenvalue weighted by Crippen LogP contribution is -2.51. The monoisotopic (exact) mass is 535 g/mol. The second-order valence-electron chi connectivity index (χ2n) is 8.50. The summed E-state index contributed by atoms with van der Waals surface area (Å²) in [5.41, 5.74) is 0.966. The highest BCUT2D eigenvalue weighted by molar-refractivity contribution is 7.92. The van der Waals surface area contributed by atoms with Gasteiger partial charge in [-0.2, -0.15) is 0 Å². The second kappa shape index (κ2) is 13.7. The van der Waals surface area contributed by atoms with Crippen LogP contribution in [0.25, 0.3) is 0 Å². The molecular formula is C26H37N3O7S. The quantitative estimate of drug-likeness (QED) is 0.370. The Balaban J connectivity index is 2.42. The van der Waals surface area contributed by atoms with Crippen LogP contribution in [0.1, 0.15) is 32.3 Å². The number of carbonyl (C=O) groups is 2. The Labute approximate surface area is 219 Å². The first kappa shape index (κ1) is 29.8. The van der Waals surface area contributed by atoms with Crippen molar-refractivity contribution in [3.63, 3.8) is 0 Å². The average molecular weight is 536 g/mol. The summed E-state index contributed by atoms with van der Waals surface area (Å²) in [6.45, 7) is 3.71. The maximum atomic E-state index is 13.6. The maximum Gasteiger partial charge on any atom is 0.244 e. The van der Waals surface area contributed by atoms with Gasteiger partial charge in [-0.25, -0.2) is 8.42 Å². The van der Waals surface area contributed by atoms with Crippen molar-refractivity contribution < 1.29 is 32.2 Å². The standard InChI is InChI=1S/C26H37N3O7S/c1-7-8-14-27-26(31)19(2)28(17-20-10-9-11-22(15-20)34-3)25(30)18-29(37(6,32)33)21-12-13-23(35-4)24(16-21)36-5/h9-13,15-16,19H,7-8,14,17-18H2,1-6H3,(H,27,31)/t19-/m1/s1. The molecule has 2 rings (SSSR count). The minimum absolute atomic E-state index is 0.0853. The topological polar surface area (TPSA) is 114 Å². The van der Waals surface area contributed by atoms with Crippen molar-refractivity contribution >= 4 is 27.5 Å². The van der Waals surface area contributed by atoms with Gasteiger partial charge in [0.15, 0.2) is 11.5 Å². The van der Waals surface area contributed by atoms with E-state index < -0.39 is 28.5 Å². The number of benzene rings is 2. The predicted octanol–water partition coefficient (Wildman–Crippen LogP) is 2.81. The Kier molecular flexibility index (Phi) is 11.0. The van der Waals surface area contributed by atoms with Crippen LogP contribution in [0.4, 0.5) is 5.69 Å². The Morgan fingerprint density at radius 3 is 2.30 bits per heavy atom. The minimum Gasteiger partial charge on any atom is -0.497 e. The lowest BCUT2D eigenvalue weighted by Gasteiger charge is -2.31. The number of hydrogen-bond donors (Lipinski definition) is 1. The molecule has 2 aromatic carbocycles. The highest BCUT2D eigenvalue weighted by Crippen LogP contribution is 2.32. The third-order valence-electron chi connectivity index (χ3n) is 5.82. The molecule has 204 valence electrons. The third-order valence-corrected chi connectivity index (χ3v) is 6.96. The van der Waals surface area contributed by atoms with Crippen LogP contribution in [-0.2, 0) is 26.2 Å². The van der Waals surface area contributed by atoms with Crippen molar-refractivity contribution in [1.29, 1.82) is 0 Å². The van der Waals surface area contributed by atoms with E-state index in [0.29, 0.717) is 23.8 Å². The van der Waals surface area contributed by atoms with Gasteiger partial charge in [-0.1, -0.05) is 25.5 Å². The van der Waals surface area contributed by atoms with E-state index in [1.165, 1.54) is 31.3 Å². The van der Waals surface area contributed by atoms with Gasteiger partial charge < -0.3 is 24.4 Å². The van der Waals surface area contributed by atoms with Gasteiger partial charge in [-0.15, -0.1) is 0 Å². The number of sulfonamides is 1. The fourth-order valence-corrected chi connectivity index (χ4v) is 4.52. The zero-order valence-corrected chi connectivity index (χ0v) is 23.1. The summed E-state index contributed by atoms with van der Waals surface area (Å²) in [4.78, 5) is 27.9. The zero-order chi connectivity index (χ0) is 27.6. The normalized spacial score (nSPS) is 11.8. The second-order valence-corrected chi connectivity index (χ2v) is 10.4. The summed E-state index contributed by atoms with van der Waals surface area (Å²) in [5.74, 6) is 0.483. The summed E-state index contributed by atoms with van der Waals surface area (Å²) in [6.07, 6.45) is 2.74. The first-order valence-corrected chi connectivity index (χ1v) is 13.8. The molecule has 0 bridgehead atoms. The van der Waals surface area contributed by atoms with Gasteiger partial charge >= 0.3 is 0 Å². The van der Waals surface area contributed by atoms with Crippen LogP contribution in [0, 0.1) is 0 Å². The van der Waals surface area contributed by atoms with Crippen molar-refractivity contribution in [3.8, 4) is 17.2 Å². The van der Waals surface area contributed by atoms with E-state index in [0.717, 1.165) is 29.0 Å². The molecule has 1 atom stereocenters. The number of hydrogen-bond acceptors (Lipinski definition) is 7. The fraction of sp³-hybridized carbons (Fsp3) is 0.462. The van der Waals surface area contributed by atoms with Gasteiger partial charge in [-0.05, 0) is 43.2 Å². The Bertz CT molecular complexity index is 1170. The van der Waals surface area contributed by atoms with E-state index in [-0.39, 0.29) is 18.1 Å². The summed E-state index contributed by atoms with van der Waals surface area (Å²) < 4.78 is 42.3. The van der Waals surface area contributed by atoms with Crippen molar-refractivity contribution in [2.75, 3.05) is 45.0 Å². The lowest BCUT2D eigenvalue weighted by atomic mass is 10.1. The molecule has 11 heteroatoms. The van der Waals surface area contributed by atoms with Crippen LogP contribution in [-0.4, -0.2) is 71.8 Å². The first-order chi connectivity index (χ1) is 17.5. The smallest absolute Gasteiger partial charge is 0.244 e. The molecule has 0 radical (unpaired) electrons. The van der Waals surface area contributed by atoms with Gasteiger partial charge in [0, 0.05) is 19.2 Å².